The quantitative estimate of drug-likeness (QED) is 0.512. The van der Waals surface area contributed by atoms with Gasteiger partial charge in [0.05, 0.1) is 11.2 Å². The molecule has 6 heteroatoms. The molecule has 0 bridgehead atoms. The highest BCUT2D eigenvalue weighted by Gasteiger charge is 2.12. The van der Waals surface area contributed by atoms with Crippen molar-refractivity contribution in [2.75, 3.05) is 5.73 Å². The number of halogens is 1. The summed E-state index contributed by atoms with van der Waals surface area (Å²) in [4.78, 5) is 17.9. The summed E-state index contributed by atoms with van der Waals surface area (Å²) >= 11 is 3.43. The van der Waals surface area contributed by atoms with Gasteiger partial charge in [0.1, 0.15) is 15.8 Å². The number of nitrogen functional groups attached to an aromatic ring is 1. The number of hydrogen-bond donors (Lipinski definition) is 1. The van der Waals surface area contributed by atoms with E-state index in [4.69, 9.17) is 10.7 Å². The standard InChI is InChI=1S/C19H14BrN5/c1-11-9-13(10-22-18(11)20)14-7-8-15-17(23-14)16(25-19(21)24-15)12-5-3-2-4-6-12/h2-10H,1H3,(H2,21,24,25). The summed E-state index contributed by atoms with van der Waals surface area (Å²) in [6.07, 6.45) is 1.80. The molecule has 0 aliphatic carbocycles. The fourth-order valence-corrected chi connectivity index (χ4v) is 2.91. The lowest BCUT2D eigenvalue weighted by Gasteiger charge is -2.09. The van der Waals surface area contributed by atoms with Crippen molar-refractivity contribution in [1.29, 1.82) is 0 Å². The summed E-state index contributed by atoms with van der Waals surface area (Å²) in [6, 6.07) is 15.8. The number of pyridine rings is 2. The zero-order chi connectivity index (χ0) is 17.4. The van der Waals surface area contributed by atoms with Gasteiger partial charge >= 0.3 is 0 Å². The third-order valence-corrected chi connectivity index (χ3v) is 4.75. The first-order valence-electron chi connectivity index (χ1n) is 7.74. The van der Waals surface area contributed by atoms with E-state index in [1.54, 1.807) is 6.20 Å². The van der Waals surface area contributed by atoms with Gasteiger partial charge in [0.25, 0.3) is 0 Å². The van der Waals surface area contributed by atoms with Crippen molar-refractivity contribution in [3.63, 3.8) is 0 Å². The zero-order valence-corrected chi connectivity index (χ0v) is 15.0. The fraction of sp³-hybridized carbons (Fsp3) is 0.0526. The van der Waals surface area contributed by atoms with Crippen LogP contribution < -0.4 is 5.73 Å². The summed E-state index contributed by atoms with van der Waals surface area (Å²) in [6.45, 7) is 2.00. The molecule has 0 saturated carbocycles. The molecule has 0 fully saturated rings. The highest BCUT2D eigenvalue weighted by atomic mass is 79.9. The van der Waals surface area contributed by atoms with E-state index in [1.165, 1.54) is 0 Å². The maximum atomic E-state index is 5.88. The topological polar surface area (TPSA) is 77.6 Å². The van der Waals surface area contributed by atoms with Crippen LogP contribution in [0.3, 0.4) is 0 Å². The van der Waals surface area contributed by atoms with E-state index >= 15 is 0 Å². The van der Waals surface area contributed by atoms with Gasteiger partial charge in [0.15, 0.2) is 0 Å². The number of rotatable bonds is 2. The molecule has 0 unspecified atom stereocenters. The molecule has 5 nitrogen and oxygen atoms in total. The van der Waals surface area contributed by atoms with Crippen LogP contribution in [0.5, 0.6) is 0 Å². The average Bonchev–Trinajstić information content (AvgIpc) is 2.63. The van der Waals surface area contributed by atoms with Crippen molar-refractivity contribution in [3.05, 3.63) is 64.9 Å². The first-order valence-corrected chi connectivity index (χ1v) is 8.53. The van der Waals surface area contributed by atoms with Crippen molar-refractivity contribution in [2.45, 2.75) is 6.92 Å². The Morgan fingerprint density at radius 2 is 1.72 bits per heavy atom. The van der Waals surface area contributed by atoms with Gasteiger partial charge in [-0.25, -0.2) is 19.9 Å². The van der Waals surface area contributed by atoms with Gasteiger partial charge in [-0.2, -0.15) is 0 Å². The number of aryl methyl sites for hydroxylation is 1. The summed E-state index contributed by atoms with van der Waals surface area (Å²) in [7, 11) is 0. The zero-order valence-electron chi connectivity index (χ0n) is 13.4. The molecule has 0 atom stereocenters. The van der Waals surface area contributed by atoms with E-state index in [1.807, 2.05) is 55.5 Å². The average molecular weight is 392 g/mol. The monoisotopic (exact) mass is 391 g/mol. The summed E-state index contributed by atoms with van der Waals surface area (Å²) in [5, 5.41) is 0. The number of nitrogens with zero attached hydrogens (tertiary/aromatic N) is 4. The van der Waals surface area contributed by atoms with Crippen LogP contribution in [0.25, 0.3) is 33.5 Å². The molecule has 0 aliphatic rings. The molecule has 4 aromatic rings. The number of benzene rings is 1. The molecule has 3 heterocycles. The van der Waals surface area contributed by atoms with Crippen LogP contribution in [0.1, 0.15) is 5.56 Å². The van der Waals surface area contributed by atoms with Crippen molar-refractivity contribution in [1.82, 2.24) is 19.9 Å². The molecule has 0 saturated heterocycles. The van der Waals surface area contributed by atoms with E-state index in [-0.39, 0.29) is 5.95 Å². The predicted molar refractivity (Wildman–Crippen MR) is 103 cm³/mol. The van der Waals surface area contributed by atoms with Crippen LogP contribution in [-0.2, 0) is 0 Å². The molecule has 0 amide bonds. The Labute approximate surface area is 153 Å². The smallest absolute Gasteiger partial charge is 0.221 e. The lowest BCUT2D eigenvalue weighted by atomic mass is 10.1. The molecular weight excluding hydrogens is 378 g/mol. The lowest BCUT2D eigenvalue weighted by Crippen LogP contribution is -2.00. The molecule has 3 aromatic heterocycles. The number of fused-ring (bicyclic) bond motifs is 1. The van der Waals surface area contributed by atoms with Crippen LogP contribution >= 0.6 is 15.9 Å². The highest BCUT2D eigenvalue weighted by Crippen LogP contribution is 2.28. The van der Waals surface area contributed by atoms with Gasteiger partial charge in [0.2, 0.25) is 5.95 Å². The van der Waals surface area contributed by atoms with Crippen LogP contribution in [0, 0.1) is 6.92 Å². The van der Waals surface area contributed by atoms with Gasteiger partial charge < -0.3 is 5.73 Å². The second-order valence-electron chi connectivity index (χ2n) is 5.69. The summed E-state index contributed by atoms with van der Waals surface area (Å²) < 4.78 is 0.832. The number of anilines is 1. The first-order chi connectivity index (χ1) is 12.1. The van der Waals surface area contributed by atoms with Crippen LogP contribution in [0.15, 0.2) is 59.3 Å². The molecule has 2 N–H and O–H groups in total. The molecule has 0 radical (unpaired) electrons. The van der Waals surface area contributed by atoms with Crippen LogP contribution in [-0.4, -0.2) is 19.9 Å². The number of hydrogen-bond acceptors (Lipinski definition) is 5. The second-order valence-corrected chi connectivity index (χ2v) is 6.44. The fourth-order valence-electron chi connectivity index (χ4n) is 2.69. The third kappa shape index (κ3) is 2.96. The third-order valence-electron chi connectivity index (χ3n) is 3.92. The maximum absolute atomic E-state index is 5.88. The summed E-state index contributed by atoms with van der Waals surface area (Å²) in [5.74, 6) is 0.238. The Balaban J connectivity index is 1.95. The van der Waals surface area contributed by atoms with Crippen molar-refractivity contribution in [2.24, 2.45) is 0 Å². The van der Waals surface area contributed by atoms with Gasteiger partial charge in [-0.3, -0.25) is 0 Å². The first kappa shape index (κ1) is 15.7. The minimum atomic E-state index is 0.238. The minimum absolute atomic E-state index is 0.238. The highest BCUT2D eigenvalue weighted by molar-refractivity contribution is 9.10. The Hall–Kier alpha value is -2.86. The molecule has 4 rings (SSSR count). The minimum Gasteiger partial charge on any atom is -0.368 e. The number of nitrogens with two attached hydrogens (primary N) is 1. The van der Waals surface area contributed by atoms with Crippen LogP contribution in [0.4, 0.5) is 5.95 Å². The molecule has 0 spiro atoms. The Morgan fingerprint density at radius 3 is 2.48 bits per heavy atom. The lowest BCUT2D eigenvalue weighted by molar-refractivity contribution is 1.19. The van der Waals surface area contributed by atoms with Gasteiger partial charge in [0, 0.05) is 17.3 Å². The van der Waals surface area contributed by atoms with Crippen LogP contribution in [0.2, 0.25) is 0 Å². The molecule has 0 aliphatic heterocycles. The Bertz CT molecular complexity index is 1080. The summed E-state index contributed by atoms with van der Waals surface area (Å²) in [5.41, 5.74) is 11.8. The maximum Gasteiger partial charge on any atom is 0.221 e. The SMILES string of the molecule is Cc1cc(-c2ccc3nc(N)nc(-c4ccccc4)c3n2)cnc1Br. The molecule has 122 valence electrons. The molecule has 1 aromatic carbocycles. The predicted octanol–water partition coefficient (Wildman–Crippen LogP) is 4.41. The van der Waals surface area contributed by atoms with Crippen molar-refractivity contribution >= 4 is 32.9 Å². The van der Waals surface area contributed by atoms with E-state index in [0.717, 1.165) is 43.7 Å². The van der Waals surface area contributed by atoms with E-state index < -0.39 is 0 Å². The molecule has 25 heavy (non-hydrogen) atoms. The van der Waals surface area contributed by atoms with Crippen molar-refractivity contribution in [3.8, 4) is 22.5 Å². The van der Waals surface area contributed by atoms with Crippen molar-refractivity contribution < 1.29 is 0 Å². The molecular formula is C19H14BrN5. The largest absolute Gasteiger partial charge is 0.368 e. The van der Waals surface area contributed by atoms with Gasteiger partial charge in [-0.05, 0) is 46.6 Å². The normalized spacial score (nSPS) is 11.0. The Morgan fingerprint density at radius 1 is 0.920 bits per heavy atom. The Kier molecular flexibility index (Phi) is 3.89. The number of aromatic nitrogens is 4. The van der Waals surface area contributed by atoms with E-state index in [9.17, 15) is 0 Å². The van der Waals surface area contributed by atoms with E-state index in [0.29, 0.717) is 0 Å². The van der Waals surface area contributed by atoms with Gasteiger partial charge in [-0.15, -0.1) is 0 Å². The second kappa shape index (κ2) is 6.22. The van der Waals surface area contributed by atoms with Gasteiger partial charge in [-0.1, -0.05) is 30.3 Å². The van der Waals surface area contributed by atoms with E-state index in [2.05, 4.69) is 30.9 Å².